The van der Waals surface area contributed by atoms with Crippen LogP contribution >= 0.6 is 35.7 Å². The largest absolute Gasteiger partial charge is 0.493 e. The number of hydrogen-bond donors (Lipinski definition) is 2. The van der Waals surface area contributed by atoms with Gasteiger partial charge in [-0.15, -0.1) is 24.0 Å². The molecule has 2 N–H and O–H groups in total. The third-order valence-corrected chi connectivity index (χ3v) is 6.12. The van der Waals surface area contributed by atoms with E-state index in [-0.39, 0.29) is 24.0 Å². The van der Waals surface area contributed by atoms with E-state index >= 15 is 0 Å². The molecule has 5 nitrogen and oxygen atoms in total. The lowest BCUT2D eigenvalue weighted by Crippen LogP contribution is -2.39. The van der Waals surface area contributed by atoms with E-state index in [1.165, 1.54) is 24.2 Å². The summed E-state index contributed by atoms with van der Waals surface area (Å²) in [5.74, 6) is 3.75. The van der Waals surface area contributed by atoms with Crippen LogP contribution in [0.1, 0.15) is 38.7 Å². The van der Waals surface area contributed by atoms with Crippen molar-refractivity contribution < 1.29 is 9.47 Å². The van der Waals surface area contributed by atoms with Gasteiger partial charge in [-0.3, -0.25) is 4.99 Å². The Bertz CT molecular complexity index is 593. The third-order valence-electron chi connectivity index (χ3n) is 4.60. The second-order valence-corrected chi connectivity index (χ2v) is 8.50. The average molecular weight is 507 g/mol. The molecule has 1 aliphatic rings. The summed E-state index contributed by atoms with van der Waals surface area (Å²) < 4.78 is 11.0. The summed E-state index contributed by atoms with van der Waals surface area (Å²) in [6, 6.07) is 6.11. The zero-order chi connectivity index (χ0) is 18.8. The zero-order valence-electron chi connectivity index (χ0n) is 17.0. The Morgan fingerprint density at radius 1 is 1.22 bits per heavy atom. The maximum Gasteiger partial charge on any atom is 0.191 e. The molecule has 7 heteroatoms. The number of thioether (sulfide) groups is 1. The van der Waals surface area contributed by atoms with Crippen LogP contribution in [0.5, 0.6) is 11.5 Å². The highest BCUT2D eigenvalue weighted by Gasteiger charge is 2.29. The second-order valence-electron chi connectivity index (χ2n) is 6.82. The molecule has 0 radical (unpaired) electrons. The van der Waals surface area contributed by atoms with Crippen LogP contribution in [0.15, 0.2) is 23.2 Å². The molecule has 2 rings (SSSR count). The molecule has 0 saturated carbocycles. The number of aryl methyl sites for hydroxylation is 1. The number of benzene rings is 1. The molecule has 1 atom stereocenters. The van der Waals surface area contributed by atoms with E-state index in [0.29, 0.717) is 4.75 Å². The van der Waals surface area contributed by atoms with Crippen molar-refractivity contribution in [3.05, 3.63) is 23.8 Å². The van der Waals surface area contributed by atoms with Gasteiger partial charge in [-0.05, 0) is 63.0 Å². The lowest BCUT2D eigenvalue weighted by molar-refractivity contribution is 0.354. The minimum Gasteiger partial charge on any atom is -0.493 e. The van der Waals surface area contributed by atoms with Gasteiger partial charge in [0.15, 0.2) is 17.5 Å². The summed E-state index contributed by atoms with van der Waals surface area (Å²) in [6.07, 6.45) is 4.60. The highest BCUT2D eigenvalue weighted by molar-refractivity contribution is 14.0. The zero-order valence-corrected chi connectivity index (χ0v) is 20.1. The molecule has 1 saturated heterocycles. The summed E-state index contributed by atoms with van der Waals surface area (Å²) in [4.78, 5) is 4.80. The predicted octanol–water partition coefficient (Wildman–Crippen LogP) is 4.10. The first-order valence-electron chi connectivity index (χ1n) is 9.47. The number of rotatable bonds is 9. The van der Waals surface area contributed by atoms with E-state index in [4.69, 9.17) is 14.5 Å². The molecule has 0 amide bonds. The first kappa shape index (κ1) is 24.2. The fourth-order valence-electron chi connectivity index (χ4n) is 3.09. The molecule has 154 valence electrons. The molecule has 0 aromatic heterocycles. The standard InChI is InChI=1S/C20H33N3O2S.HI/c1-5-21-19(23-15-20(2)11-7-13-26-20)22-12-6-8-16-9-10-17(24-3)18(14-16)25-4;/h9-10,14H,5-8,11-13,15H2,1-4H3,(H2,21,22,23);1H. The highest BCUT2D eigenvalue weighted by Crippen LogP contribution is 2.37. The van der Waals surface area contributed by atoms with Crippen LogP contribution in [0.3, 0.4) is 0 Å². The molecule has 1 heterocycles. The van der Waals surface area contributed by atoms with E-state index in [1.807, 2.05) is 6.07 Å². The second kappa shape index (κ2) is 12.6. The maximum atomic E-state index is 5.37. The molecule has 1 unspecified atom stereocenters. The van der Waals surface area contributed by atoms with Gasteiger partial charge in [-0.25, -0.2) is 0 Å². The van der Waals surface area contributed by atoms with Gasteiger partial charge < -0.3 is 20.1 Å². The molecular weight excluding hydrogens is 473 g/mol. The number of hydrogen-bond acceptors (Lipinski definition) is 4. The van der Waals surface area contributed by atoms with Crippen LogP contribution in [0.2, 0.25) is 0 Å². The van der Waals surface area contributed by atoms with Crippen LogP contribution in [0.25, 0.3) is 0 Å². The van der Waals surface area contributed by atoms with Crippen LogP contribution in [0.4, 0.5) is 0 Å². The minimum atomic E-state index is 0. The number of nitrogens with zero attached hydrogens (tertiary/aromatic N) is 1. The van der Waals surface area contributed by atoms with Crippen molar-refractivity contribution in [2.75, 3.05) is 39.6 Å². The molecule has 1 fully saturated rings. The summed E-state index contributed by atoms with van der Waals surface area (Å²) in [5, 5.41) is 6.81. The average Bonchev–Trinajstić information content (AvgIpc) is 3.09. The predicted molar refractivity (Wildman–Crippen MR) is 127 cm³/mol. The van der Waals surface area contributed by atoms with Crippen LogP contribution in [0, 0.1) is 0 Å². The molecule has 1 aromatic rings. The quantitative estimate of drug-likeness (QED) is 0.228. The summed E-state index contributed by atoms with van der Waals surface area (Å²) in [5.41, 5.74) is 1.25. The number of guanidine groups is 1. The smallest absolute Gasteiger partial charge is 0.191 e. The molecule has 1 aromatic carbocycles. The van der Waals surface area contributed by atoms with E-state index < -0.39 is 0 Å². The highest BCUT2D eigenvalue weighted by atomic mass is 127. The Hall–Kier alpha value is -0.830. The van der Waals surface area contributed by atoms with Gasteiger partial charge in [0, 0.05) is 17.8 Å². The summed E-state index contributed by atoms with van der Waals surface area (Å²) in [7, 11) is 3.33. The Morgan fingerprint density at radius 3 is 2.63 bits per heavy atom. The topological polar surface area (TPSA) is 54.9 Å². The molecular formula is C20H34IN3O2S. The SMILES string of the molecule is CCNC(=NCC1(C)CCCS1)NCCCc1ccc(OC)c(OC)c1.I. The molecule has 0 bridgehead atoms. The summed E-state index contributed by atoms with van der Waals surface area (Å²) in [6.45, 7) is 7.08. The van der Waals surface area contributed by atoms with Crippen molar-refractivity contribution in [3.8, 4) is 11.5 Å². The summed E-state index contributed by atoms with van der Waals surface area (Å²) >= 11 is 2.05. The van der Waals surface area contributed by atoms with Crippen molar-refractivity contribution in [1.82, 2.24) is 10.6 Å². The van der Waals surface area contributed by atoms with E-state index in [1.54, 1.807) is 14.2 Å². The molecule has 1 aliphatic heterocycles. The van der Waals surface area contributed by atoms with Gasteiger partial charge >= 0.3 is 0 Å². The number of methoxy groups -OCH3 is 2. The Morgan fingerprint density at radius 2 is 2.00 bits per heavy atom. The van der Waals surface area contributed by atoms with Crippen molar-refractivity contribution in [1.29, 1.82) is 0 Å². The Balaban J connectivity index is 0.00000364. The fourth-order valence-corrected chi connectivity index (χ4v) is 4.31. The van der Waals surface area contributed by atoms with Crippen LogP contribution in [-0.2, 0) is 6.42 Å². The van der Waals surface area contributed by atoms with Gasteiger partial charge in [0.25, 0.3) is 0 Å². The minimum absolute atomic E-state index is 0. The third kappa shape index (κ3) is 7.97. The first-order chi connectivity index (χ1) is 12.6. The lowest BCUT2D eigenvalue weighted by atomic mass is 10.1. The van der Waals surface area contributed by atoms with Gasteiger partial charge in [-0.1, -0.05) is 6.07 Å². The molecule has 0 spiro atoms. The fraction of sp³-hybridized carbons (Fsp3) is 0.650. The number of ether oxygens (including phenoxy) is 2. The normalized spacial score (nSPS) is 19.3. The van der Waals surface area contributed by atoms with Crippen molar-refractivity contribution >= 4 is 41.7 Å². The van der Waals surface area contributed by atoms with E-state index in [0.717, 1.165) is 49.9 Å². The number of halogens is 1. The number of nitrogens with one attached hydrogen (secondary N) is 2. The van der Waals surface area contributed by atoms with E-state index in [2.05, 4.69) is 48.4 Å². The van der Waals surface area contributed by atoms with Gasteiger partial charge in [-0.2, -0.15) is 11.8 Å². The number of aliphatic imine (C=N–C) groups is 1. The van der Waals surface area contributed by atoms with Crippen LogP contribution < -0.4 is 20.1 Å². The Kier molecular flexibility index (Phi) is 11.3. The Labute approximate surface area is 185 Å². The van der Waals surface area contributed by atoms with Gasteiger partial charge in [0.2, 0.25) is 0 Å². The van der Waals surface area contributed by atoms with Crippen molar-refractivity contribution in [3.63, 3.8) is 0 Å². The van der Waals surface area contributed by atoms with Crippen LogP contribution in [-0.4, -0.2) is 50.3 Å². The maximum absolute atomic E-state index is 5.37. The van der Waals surface area contributed by atoms with Crippen molar-refractivity contribution in [2.45, 2.75) is 44.3 Å². The molecule has 27 heavy (non-hydrogen) atoms. The monoisotopic (exact) mass is 507 g/mol. The van der Waals surface area contributed by atoms with Gasteiger partial charge in [0.1, 0.15) is 0 Å². The van der Waals surface area contributed by atoms with E-state index in [9.17, 15) is 0 Å². The molecule has 0 aliphatic carbocycles. The lowest BCUT2D eigenvalue weighted by Gasteiger charge is -2.21. The first-order valence-corrected chi connectivity index (χ1v) is 10.5. The van der Waals surface area contributed by atoms with Gasteiger partial charge in [0.05, 0.1) is 20.8 Å². The van der Waals surface area contributed by atoms with Crippen molar-refractivity contribution in [2.24, 2.45) is 4.99 Å².